The summed E-state index contributed by atoms with van der Waals surface area (Å²) < 4.78 is 24.8. The molecular weight excluding hydrogens is 882 g/mol. The number of aromatic nitrogens is 3. The van der Waals surface area contributed by atoms with Crippen molar-refractivity contribution in [3.05, 3.63) is 151 Å². The fourth-order valence-corrected chi connectivity index (χ4v) is 9.26. The van der Waals surface area contributed by atoms with Crippen molar-refractivity contribution in [2.75, 3.05) is 52.8 Å². The second-order valence-electron chi connectivity index (χ2n) is 15.9. The van der Waals surface area contributed by atoms with Crippen LogP contribution in [0.15, 0.2) is 96.0 Å². The molecule has 0 saturated heterocycles. The number of carbonyl (C=O) groups is 3. The lowest BCUT2D eigenvalue weighted by Crippen LogP contribution is -2.27. The van der Waals surface area contributed by atoms with Crippen LogP contribution in [0.25, 0.3) is 16.1 Å². The average Bonchev–Trinajstić information content (AvgIpc) is 3.93. The fourth-order valence-electron chi connectivity index (χ4n) is 7.92. The molecule has 0 bridgehead atoms. The van der Waals surface area contributed by atoms with Crippen molar-refractivity contribution < 1.29 is 33.3 Å². The molecule has 0 saturated carbocycles. The van der Waals surface area contributed by atoms with Crippen LogP contribution in [-0.4, -0.2) is 90.7 Å². The molecule has 6 aromatic rings. The number of hydrogen-bond acceptors (Lipinski definition) is 11. The number of carbonyl (C=O) groups excluding carboxylic acids is 3. The van der Waals surface area contributed by atoms with E-state index < -0.39 is 6.04 Å². The van der Waals surface area contributed by atoms with Crippen molar-refractivity contribution >= 4 is 59.6 Å². The average molecular weight is 935 g/mol. The summed E-state index contributed by atoms with van der Waals surface area (Å²) in [5, 5.41) is 13.5. The summed E-state index contributed by atoms with van der Waals surface area (Å²) in [6.07, 6.45) is 1.40. The predicted octanol–water partition coefficient (Wildman–Crippen LogP) is 8.31. The van der Waals surface area contributed by atoms with Crippen LogP contribution in [-0.2, 0) is 43.1 Å². The minimum Gasteiger partial charge on any atom is -0.491 e. The molecule has 65 heavy (non-hydrogen) atoms. The largest absolute Gasteiger partial charge is 0.491 e. The molecule has 4 aromatic carbocycles. The Morgan fingerprint density at radius 3 is 2.22 bits per heavy atom. The van der Waals surface area contributed by atoms with E-state index in [4.69, 9.17) is 35.5 Å². The summed E-state index contributed by atoms with van der Waals surface area (Å²) in [5.74, 6) is 2.21. The first kappa shape index (κ1) is 47.5. The predicted molar refractivity (Wildman–Crippen MR) is 258 cm³/mol. The molecule has 1 atom stereocenters. The van der Waals surface area contributed by atoms with E-state index in [1.807, 2.05) is 91.9 Å². The number of rotatable bonds is 20. The Morgan fingerprint density at radius 2 is 1.46 bits per heavy atom. The Labute approximate surface area is 394 Å². The Hall–Kier alpha value is -5.48. The van der Waals surface area contributed by atoms with Crippen LogP contribution in [0.1, 0.15) is 72.7 Å². The van der Waals surface area contributed by atoms with Gasteiger partial charge in [0.2, 0.25) is 0 Å². The summed E-state index contributed by atoms with van der Waals surface area (Å²) in [7, 11) is 0. The van der Waals surface area contributed by atoms with E-state index in [2.05, 4.69) is 33.9 Å². The molecule has 12 nitrogen and oxygen atoms in total. The molecule has 1 aliphatic carbocycles. The molecule has 0 spiro atoms. The van der Waals surface area contributed by atoms with Crippen molar-refractivity contribution in [1.29, 1.82) is 0 Å². The third-order valence-corrected chi connectivity index (χ3v) is 12.8. The van der Waals surface area contributed by atoms with Gasteiger partial charge >= 0.3 is 0 Å². The normalized spacial score (nSPS) is 13.9. The van der Waals surface area contributed by atoms with Crippen molar-refractivity contribution in [3.8, 4) is 21.9 Å². The van der Waals surface area contributed by atoms with Crippen LogP contribution in [0.5, 0.6) is 5.75 Å². The van der Waals surface area contributed by atoms with Gasteiger partial charge in [0.25, 0.3) is 5.91 Å². The highest BCUT2D eigenvalue weighted by molar-refractivity contribution is 7.59. The Morgan fingerprint density at radius 1 is 0.785 bits per heavy atom. The number of ketones is 2. The second kappa shape index (κ2) is 22.1. The van der Waals surface area contributed by atoms with Crippen molar-refractivity contribution in [2.45, 2.75) is 52.5 Å². The van der Waals surface area contributed by atoms with Gasteiger partial charge < -0.3 is 24.3 Å². The molecule has 0 fully saturated rings. The van der Waals surface area contributed by atoms with E-state index in [9.17, 15) is 14.4 Å². The summed E-state index contributed by atoms with van der Waals surface area (Å²) in [6, 6.07) is 28.2. The number of aryl methyl sites for hydroxylation is 2. The molecule has 1 aliphatic heterocycles. The molecule has 3 heterocycles. The number of halogens is 1. The molecule has 338 valence electrons. The molecule has 2 aromatic heterocycles. The number of Topliss-reactive ketones (excluding diaryl/α,β-unsaturated/α-hetero) is 2. The van der Waals surface area contributed by atoms with E-state index in [0.29, 0.717) is 87.8 Å². The minimum absolute atomic E-state index is 0. The molecule has 2 aliphatic rings. The monoisotopic (exact) mass is 933 g/mol. The summed E-state index contributed by atoms with van der Waals surface area (Å²) in [5.41, 5.74) is 9.46. The molecule has 8 rings (SSSR count). The van der Waals surface area contributed by atoms with Crippen LogP contribution in [0, 0.1) is 20.8 Å². The van der Waals surface area contributed by atoms with Crippen LogP contribution < -0.4 is 10.1 Å². The van der Waals surface area contributed by atoms with E-state index in [1.54, 1.807) is 17.4 Å². The zero-order valence-electron chi connectivity index (χ0n) is 36.7. The fraction of sp³-hybridized carbons (Fsp3) is 0.320. The maximum Gasteiger partial charge on any atom is 0.251 e. The molecule has 1 N–H and O–H groups in total. The van der Waals surface area contributed by atoms with Gasteiger partial charge in [-0.3, -0.25) is 23.9 Å². The highest BCUT2D eigenvalue weighted by Crippen LogP contribution is 2.40. The van der Waals surface area contributed by atoms with E-state index in [-0.39, 0.29) is 43.8 Å². The van der Waals surface area contributed by atoms with Crippen LogP contribution in [0.3, 0.4) is 0 Å². The van der Waals surface area contributed by atoms with Gasteiger partial charge in [-0.1, -0.05) is 66.2 Å². The standard InChI is InChI=1S/C50H50ClN5O7S.H2S/c1-31-32(2)64-50-46(31)47(35-11-13-41(51)14-12-35)53-45(48-55-54-33(3)56(48)50)30-42(57)25-34-7-15-44(16-8-34)63-24-23-62-22-21-61-20-19-60-18-17-52-49(59)39-6-4-5-36(26-39)37-9-10-38-28-43(58)29-40(38)27-37;/h4-16,26-27,45H,17-25,28-30H2,1-3H3,(H,52,59);1H2/t45-;/m0./s1. The molecule has 0 unspecified atom stereocenters. The Kier molecular flexibility index (Phi) is 16.2. The van der Waals surface area contributed by atoms with E-state index in [0.717, 1.165) is 61.0 Å². The number of ether oxygens (including phenoxy) is 4. The summed E-state index contributed by atoms with van der Waals surface area (Å²) >= 11 is 7.93. The van der Waals surface area contributed by atoms with Crippen LogP contribution in [0.4, 0.5) is 0 Å². The molecular formula is C50H52ClN5O7S2. The lowest BCUT2D eigenvalue weighted by molar-refractivity contribution is -0.119. The van der Waals surface area contributed by atoms with Crippen molar-refractivity contribution in [2.24, 2.45) is 4.99 Å². The first-order chi connectivity index (χ1) is 31.1. The Bertz CT molecular complexity index is 2680. The van der Waals surface area contributed by atoms with Crippen molar-refractivity contribution in [1.82, 2.24) is 20.1 Å². The molecule has 15 heteroatoms. The lowest BCUT2D eigenvalue weighted by Gasteiger charge is -2.13. The number of nitrogens with zero attached hydrogens (tertiary/aromatic N) is 4. The van der Waals surface area contributed by atoms with E-state index >= 15 is 0 Å². The number of hydrogen-bond donors (Lipinski definition) is 1. The number of thiophene rings is 1. The maximum atomic E-state index is 13.6. The van der Waals surface area contributed by atoms with Crippen LogP contribution in [0.2, 0.25) is 5.02 Å². The first-order valence-electron chi connectivity index (χ1n) is 21.5. The highest BCUT2D eigenvalue weighted by atomic mass is 35.5. The number of aliphatic imine (C=N–C) groups is 1. The number of fused-ring (bicyclic) bond motifs is 4. The van der Waals surface area contributed by atoms with Gasteiger partial charge in [0.1, 0.15) is 40.8 Å². The number of nitrogens with one attached hydrogen (secondary N) is 1. The van der Waals surface area contributed by atoms with E-state index in [1.165, 1.54) is 4.88 Å². The zero-order valence-corrected chi connectivity index (χ0v) is 39.2. The van der Waals surface area contributed by atoms with Gasteiger partial charge in [-0.25, -0.2) is 0 Å². The third kappa shape index (κ3) is 11.7. The summed E-state index contributed by atoms with van der Waals surface area (Å²) in [4.78, 5) is 44.6. The number of amides is 1. The third-order valence-electron chi connectivity index (χ3n) is 11.3. The Balaban J connectivity index is 0.00000630. The minimum atomic E-state index is -0.514. The molecule has 1 amide bonds. The van der Waals surface area contributed by atoms with Crippen LogP contribution >= 0.6 is 36.4 Å². The number of benzene rings is 4. The smallest absolute Gasteiger partial charge is 0.251 e. The van der Waals surface area contributed by atoms with Crippen molar-refractivity contribution in [3.63, 3.8) is 0 Å². The lowest BCUT2D eigenvalue weighted by atomic mass is 9.99. The van der Waals surface area contributed by atoms with Gasteiger partial charge in [-0.05, 0) is 90.6 Å². The molecule has 0 radical (unpaired) electrons. The first-order valence-corrected chi connectivity index (χ1v) is 22.7. The quantitative estimate of drug-likeness (QED) is 0.0748. The zero-order chi connectivity index (χ0) is 44.6. The second-order valence-corrected chi connectivity index (χ2v) is 17.5. The summed E-state index contributed by atoms with van der Waals surface area (Å²) in [6.45, 7) is 9.28. The maximum absolute atomic E-state index is 13.6. The SMILES string of the molecule is Cc1sc2c(c1C)C(c1ccc(Cl)cc1)=N[C@@H](CC(=O)Cc1ccc(OCCOCCOCCOCCNC(=O)c3cccc(-c4ccc5c(c4)CC(=O)C5)c3)cc1)c1nnc(C)n1-2.S. The van der Waals surface area contributed by atoms with Gasteiger partial charge in [0.05, 0.1) is 45.4 Å². The van der Waals surface area contributed by atoms with Gasteiger partial charge in [-0.15, -0.1) is 21.5 Å². The van der Waals surface area contributed by atoms with Gasteiger partial charge in [0, 0.05) is 58.8 Å². The highest BCUT2D eigenvalue weighted by Gasteiger charge is 2.32. The van der Waals surface area contributed by atoms with Gasteiger partial charge in [-0.2, -0.15) is 13.5 Å². The van der Waals surface area contributed by atoms with Gasteiger partial charge in [0.15, 0.2) is 5.82 Å². The topological polar surface area (TPSA) is 143 Å².